The number of carbonyl (C=O) groups is 2. The highest BCUT2D eigenvalue weighted by Crippen LogP contribution is 2.28. The van der Waals surface area contributed by atoms with Crippen molar-refractivity contribution in [2.75, 3.05) is 25.1 Å². The Morgan fingerprint density at radius 1 is 1.56 bits per heavy atom. The number of carboxylic acid groups (broad SMARTS) is 1. The molecule has 1 aliphatic heterocycles. The molecule has 18 heavy (non-hydrogen) atoms. The van der Waals surface area contributed by atoms with Gasteiger partial charge in [0.15, 0.2) is 0 Å². The maximum atomic E-state index is 11.1. The average Bonchev–Trinajstić information content (AvgIpc) is 2.96. The van der Waals surface area contributed by atoms with E-state index in [4.69, 9.17) is 5.11 Å². The van der Waals surface area contributed by atoms with E-state index in [1.165, 1.54) is 18.4 Å². The fraction of sp³-hybridized carbons (Fsp3) is 0.455. The molecule has 2 heterocycles. The molecule has 1 amide bonds. The van der Waals surface area contributed by atoms with Crippen LogP contribution in [-0.2, 0) is 4.74 Å². The summed E-state index contributed by atoms with van der Waals surface area (Å²) in [6, 6.07) is 3.45. The molecule has 0 aromatic carbocycles. The number of carbonyl (C=O) groups excluding carboxylic acids is 1. The molecule has 1 fully saturated rings. The standard InChI is InChI=1S/C11H14N2O4S/c1-17-11(16)12-7-4-5-13(6-7)9-3-2-8(18-9)10(14)15/h2-3,7H,4-6H2,1H3,(H,12,16)(H,14,15). The molecular formula is C11H14N2O4S. The van der Waals surface area contributed by atoms with Crippen LogP contribution in [0, 0.1) is 0 Å². The van der Waals surface area contributed by atoms with Gasteiger partial charge in [0.2, 0.25) is 0 Å². The second-order valence-electron chi connectivity index (χ2n) is 4.01. The van der Waals surface area contributed by atoms with Crippen LogP contribution >= 0.6 is 11.3 Å². The Morgan fingerprint density at radius 2 is 2.33 bits per heavy atom. The number of anilines is 1. The largest absolute Gasteiger partial charge is 0.477 e. The summed E-state index contributed by atoms with van der Waals surface area (Å²) in [5.41, 5.74) is 0. The highest BCUT2D eigenvalue weighted by atomic mass is 32.1. The number of nitrogens with one attached hydrogen (secondary N) is 1. The van der Waals surface area contributed by atoms with E-state index in [-0.39, 0.29) is 6.04 Å². The minimum Gasteiger partial charge on any atom is -0.477 e. The molecule has 1 saturated heterocycles. The summed E-state index contributed by atoms with van der Waals surface area (Å²) in [5.74, 6) is -0.908. The summed E-state index contributed by atoms with van der Waals surface area (Å²) < 4.78 is 4.54. The van der Waals surface area contributed by atoms with Gasteiger partial charge in [0.1, 0.15) is 4.88 Å². The lowest BCUT2D eigenvalue weighted by Crippen LogP contribution is -2.36. The Morgan fingerprint density at radius 3 is 2.94 bits per heavy atom. The van der Waals surface area contributed by atoms with Crippen LogP contribution in [-0.4, -0.2) is 43.4 Å². The molecule has 6 nitrogen and oxygen atoms in total. The van der Waals surface area contributed by atoms with Gasteiger partial charge in [-0.1, -0.05) is 0 Å². The highest BCUT2D eigenvalue weighted by Gasteiger charge is 2.25. The van der Waals surface area contributed by atoms with Crippen molar-refractivity contribution in [3.63, 3.8) is 0 Å². The molecule has 0 aliphatic carbocycles. The van der Waals surface area contributed by atoms with E-state index in [1.807, 2.05) is 0 Å². The molecule has 1 aromatic heterocycles. The van der Waals surface area contributed by atoms with E-state index in [0.29, 0.717) is 11.4 Å². The van der Waals surface area contributed by atoms with E-state index < -0.39 is 12.1 Å². The first-order valence-electron chi connectivity index (χ1n) is 5.52. The topological polar surface area (TPSA) is 78.9 Å². The maximum Gasteiger partial charge on any atom is 0.407 e. The number of amides is 1. The Labute approximate surface area is 108 Å². The minimum atomic E-state index is -0.908. The highest BCUT2D eigenvalue weighted by molar-refractivity contribution is 7.17. The van der Waals surface area contributed by atoms with Crippen molar-refractivity contribution < 1.29 is 19.4 Å². The lowest BCUT2D eigenvalue weighted by atomic mass is 10.3. The van der Waals surface area contributed by atoms with Gasteiger partial charge in [-0.05, 0) is 18.6 Å². The number of alkyl carbamates (subject to hydrolysis) is 1. The minimum absolute atomic E-state index is 0.0489. The van der Waals surface area contributed by atoms with E-state index in [9.17, 15) is 9.59 Å². The second-order valence-corrected chi connectivity index (χ2v) is 5.07. The number of thiophene rings is 1. The zero-order chi connectivity index (χ0) is 13.1. The third kappa shape index (κ3) is 2.73. The van der Waals surface area contributed by atoms with Crippen molar-refractivity contribution in [1.29, 1.82) is 0 Å². The van der Waals surface area contributed by atoms with Gasteiger partial charge < -0.3 is 20.1 Å². The zero-order valence-corrected chi connectivity index (χ0v) is 10.7. The fourth-order valence-corrected chi connectivity index (χ4v) is 2.80. The summed E-state index contributed by atoms with van der Waals surface area (Å²) in [6.45, 7) is 1.48. The van der Waals surface area contributed by atoms with E-state index in [0.717, 1.165) is 18.0 Å². The van der Waals surface area contributed by atoms with Crippen LogP contribution in [0.3, 0.4) is 0 Å². The number of carboxylic acids is 1. The van der Waals surface area contributed by atoms with Crippen LogP contribution in [0.5, 0.6) is 0 Å². The summed E-state index contributed by atoms with van der Waals surface area (Å²) >= 11 is 1.25. The Bertz CT molecular complexity index is 460. The van der Waals surface area contributed by atoms with E-state index in [1.54, 1.807) is 12.1 Å². The lowest BCUT2D eigenvalue weighted by molar-refractivity contribution is 0.0702. The van der Waals surface area contributed by atoms with Crippen molar-refractivity contribution in [3.8, 4) is 0 Å². The molecule has 2 N–H and O–H groups in total. The van der Waals surface area contributed by atoms with Crippen LogP contribution in [0.4, 0.5) is 9.80 Å². The smallest absolute Gasteiger partial charge is 0.407 e. The van der Waals surface area contributed by atoms with Gasteiger partial charge in [-0.2, -0.15) is 0 Å². The molecule has 0 spiro atoms. The number of rotatable bonds is 3. The molecule has 1 atom stereocenters. The van der Waals surface area contributed by atoms with Crippen molar-refractivity contribution in [2.24, 2.45) is 0 Å². The zero-order valence-electron chi connectivity index (χ0n) is 9.88. The van der Waals surface area contributed by atoms with Gasteiger partial charge >= 0.3 is 12.1 Å². The predicted octanol–water partition coefficient (Wildman–Crippen LogP) is 1.38. The quantitative estimate of drug-likeness (QED) is 0.867. The molecule has 2 rings (SSSR count). The van der Waals surface area contributed by atoms with Gasteiger partial charge in [-0.3, -0.25) is 0 Å². The summed E-state index contributed by atoms with van der Waals surface area (Å²) in [6.07, 6.45) is 0.398. The lowest BCUT2D eigenvalue weighted by Gasteiger charge is -2.16. The van der Waals surface area contributed by atoms with Crippen molar-refractivity contribution in [2.45, 2.75) is 12.5 Å². The van der Waals surface area contributed by atoms with Gasteiger partial charge in [0.05, 0.1) is 18.2 Å². The van der Waals surface area contributed by atoms with Crippen molar-refractivity contribution >= 4 is 28.4 Å². The normalized spacial score (nSPS) is 18.7. The summed E-state index contributed by atoms with van der Waals surface area (Å²) in [4.78, 5) is 24.3. The molecule has 1 aliphatic rings. The molecule has 0 saturated carbocycles. The molecular weight excluding hydrogens is 256 g/mol. The number of nitrogens with zero attached hydrogens (tertiary/aromatic N) is 1. The summed E-state index contributed by atoms with van der Waals surface area (Å²) in [5, 5.41) is 12.5. The Hall–Kier alpha value is -1.76. The number of hydrogen-bond donors (Lipinski definition) is 2. The van der Waals surface area contributed by atoms with Crippen LogP contribution in [0.25, 0.3) is 0 Å². The third-order valence-electron chi connectivity index (χ3n) is 2.81. The monoisotopic (exact) mass is 270 g/mol. The van der Waals surface area contributed by atoms with Crippen molar-refractivity contribution in [1.82, 2.24) is 5.32 Å². The SMILES string of the molecule is COC(=O)NC1CCN(c2ccc(C(=O)O)s2)C1. The molecule has 1 aromatic rings. The van der Waals surface area contributed by atoms with Crippen LogP contribution < -0.4 is 10.2 Å². The first-order chi connectivity index (χ1) is 8.60. The van der Waals surface area contributed by atoms with Gasteiger partial charge in [-0.15, -0.1) is 11.3 Å². The first kappa shape index (κ1) is 12.7. The van der Waals surface area contributed by atoms with E-state index in [2.05, 4.69) is 15.0 Å². The average molecular weight is 270 g/mol. The molecule has 0 radical (unpaired) electrons. The van der Waals surface area contributed by atoms with Crippen LogP contribution in [0.2, 0.25) is 0 Å². The predicted molar refractivity (Wildman–Crippen MR) is 67.4 cm³/mol. The van der Waals surface area contributed by atoms with Gasteiger partial charge in [0.25, 0.3) is 0 Å². The molecule has 98 valence electrons. The number of ether oxygens (including phenoxy) is 1. The first-order valence-corrected chi connectivity index (χ1v) is 6.34. The second kappa shape index (κ2) is 5.26. The maximum absolute atomic E-state index is 11.1. The molecule has 0 bridgehead atoms. The number of aromatic carboxylic acids is 1. The number of hydrogen-bond acceptors (Lipinski definition) is 5. The van der Waals surface area contributed by atoms with Crippen molar-refractivity contribution in [3.05, 3.63) is 17.0 Å². The third-order valence-corrected chi connectivity index (χ3v) is 3.94. The van der Waals surface area contributed by atoms with Gasteiger partial charge in [0, 0.05) is 13.1 Å². The Kier molecular flexibility index (Phi) is 3.71. The molecule has 1 unspecified atom stereocenters. The number of methoxy groups -OCH3 is 1. The summed E-state index contributed by atoms with van der Waals surface area (Å²) in [7, 11) is 1.33. The van der Waals surface area contributed by atoms with E-state index >= 15 is 0 Å². The van der Waals surface area contributed by atoms with Crippen LogP contribution in [0.1, 0.15) is 16.1 Å². The Balaban J connectivity index is 1.95. The fourth-order valence-electron chi connectivity index (χ4n) is 1.92. The molecule has 7 heteroatoms. The van der Waals surface area contributed by atoms with Gasteiger partial charge in [-0.25, -0.2) is 9.59 Å². The van der Waals surface area contributed by atoms with Crippen LogP contribution in [0.15, 0.2) is 12.1 Å².